The molecule has 3 rings (SSSR count). The van der Waals surface area contributed by atoms with E-state index in [1.165, 1.54) is 24.9 Å². The molecule has 2 heterocycles. The molecular formula is C17H24N4. The number of benzene rings is 1. The number of aromatic nitrogens is 2. The smallest absolute Gasteiger partial charge is 0.0991 e. The van der Waals surface area contributed by atoms with Crippen molar-refractivity contribution in [3.8, 4) is 5.69 Å². The Balaban J connectivity index is 1.62. The van der Waals surface area contributed by atoms with E-state index in [1.54, 1.807) is 6.20 Å². The van der Waals surface area contributed by atoms with Crippen LogP contribution in [0.5, 0.6) is 0 Å². The lowest BCUT2D eigenvalue weighted by atomic mass is 9.92. The molecule has 1 aromatic heterocycles. The Labute approximate surface area is 126 Å². The highest BCUT2D eigenvalue weighted by Gasteiger charge is 2.22. The first kappa shape index (κ1) is 14.3. The maximum Gasteiger partial charge on any atom is 0.0991 e. The van der Waals surface area contributed by atoms with Crippen LogP contribution in [0.3, 0.4) is 0 Å². The minimum absolute atomic E-state index is 0.302. The van der Waals surface area contributed by atoms with Crippen molar-refractivity contribution in [1.82, 2.24) is 14.5 Å². The van der Waals surface area contributed by atoms with Gasteiger partial charge in [0.25, 0.3) is 0 Å². The fraction of sp³-hybridized carbons (Fsp3) is 0.471. The molecule has 4 heteroatoms. The summed E-state index contributed by atoms with van der Waals surface area (Å²) in [5.41, 5.74) is 8.58. The summed E-state index contributed by atoms with van der Waals surface area (Å²) >= 11 is 0. The van der Waals surface area contributed by atoms with Gasteiger partial charge in [0.05, 0.1) is 6.33 Å². The third kappa shape index (κ3) is 3.52. The minimum atomic E-state index is 0.302. The van der Waals surface area contributed by atoms with Crippen molar-refractivity contribution < 1.29 is 0 Å². The van der Waals surface area contributed by atoms with Crippen LogP contribution in [0.4, 0.5) is 0 Å². The van der Waals surface area contributed by atoms with Gasteiger partial charge < -0.3 is 10.3 Å². The second-order valence-electron chi connectivity index (χ2n) is 6.13. The molecule has 4 nitrogen and oxygen atoms in total. The zero-order valence-corrected chi connectivity index (χ0v) is 12.7. The van der Waals surface area contributed by atoms with Gasteiger partial charge in [-0.25, -0.2) is 4.98 Å². The van der Waals surface area contributed by atoms with Crippen LogP contribution >= 0.6 is 0 Å². The van der Waals surface area contributed by atoms with Gasteiger partial charge in [0.2, 0.25) is 0 Å². The molecule has 0 radical (unpaired) electrons. The van der Waals surface area contributed by atoms with Crippen molar-refractivity contribution in [1.29, 1.82) is 0 Å². The van der Waals surface area contributed by atoms with E-state index in [0.717, 1.165) is 18.8 Å². The first-order valence-corrected chi connectivity index (χ1v) is 7.77. The zero-order chi connectivity index (χ0) is 14.7. The molecule has 2 N–H and O–H groups in total. The molecule has 2 unspecified atom stereocenters. The number of piperidine rings is 1. The van der Waals surface area contributed by atoms with Crippen molar-refractivity contribution in [2.24, 2.45) is 11.7 Å². The van der Waals surface area contributed by atoms with Crippen LogP contribution < -0.4 is 5.73 Å². The van der Waals surface area contributed by atoms with E-state index in [2.05, 4.69) is 41.1 Å². The largest absolute Gasteiger partial charge is 0.328 e. The number of likely N-dealkylation sites (tertiary alicyclic amines) is 1. The maximum absolute atomic E-state index is 6.06. The molecule has 21 heavy (non-hydrogen) atoms. The van der Waals surface area contributed by atoms with Crippen LogP contribution in [0.1, 0.15) is 25.3 Å². The predicted octanol–water partition coefficient (Wildman–Crippen LogP) is 2.43. The fourth-order valence-electron chi connectivity index (χ4n) is 3.11. The van der Waals surface area contributed by atoms with E-state index in [0.29, 0.717) is 12.0 Å². The van der Waals surface area contributed by atoms with E-state index in [-0.39, 0.29) is 0 Å². The number of rotatable bonds is 4. The predicted molar refractivity (Wildman–Crippen MR) is 85.2 cm³/mol. The fourth-order valence-corrected chi connectivity index (χ4v) is 3.11. The summed E-state index contributed by atoms with van der Waals surface area (Å²) in [6.45, 7) is 5.47. The summed E-state index contributed by atoms with van der Waals surface area (Å²) in [5, 5.41) is 0. The van der Waals surface area contributed by atoms with Crippen molar-refractivity contribution in [3.05, 3.63) is 48.5 Å². The van der Waals surface area contributed by atoms with E-state index < -0.39 is 0 Å². The number of hydrogen-bond acceptors (Lipinski definition) is 3. The molecule has 0 bridgehead atoms. The summed E-state index contributed by atoms with van der Waals surface area (Å²) in [5.74, 6) is 0.643. The van der Waals surface area contributed by atoms with Gasteiger partial charge in [0.15, 0.2) is 0 Å². The molecule has 2 aromatic rings. The Kier molecular flexibility index (Phi) is 4.36. The lowest BCUT2D eigenvalue weighted by Crippen LogP contribution is -2.41. The zero-order valence-electron chi connectivity index (χ0n) is 12.7. The number of nitrogens with zero attached hydrogens (tertiary/aromatic N) is 3. The Hall–Kier alpha value is -1.65. The van der Waals surface area contributed by atoms with Gasteiger partial charge in [0, 0.05) is 37.2 Å². The van der Waals surface area contributed by atoms with E-state index in [1.807, 2.05) is 17.1 Å². The molecule has 1 saturated heterocycles. The first-order valence-electron chi connectivity index (χ1n) is 7.77. The van der Waals surface area contributed by atoms with Crippen molar-refractivity contribution >= 4 is 0 Å². The van der Waals surface area contributed by atoms with Crippen LogP contribution in [-0.4, -0.2) is 33.6 Å². The highest BCUT2D eigenvalue weighted by molar-refractivity contribution is 5.34. The van der Waals surface area contributed by atoms with Gasteiger partial charge in [-0.2, -0.15) is 0 Å². The van der Waals surface area contributed by atoms with E-state index in [4.69, 9.17) is 5.73 Å². The lowest BCUT2D eigenvalue weighted by Gasteiger charge is -2.34. The topological polar surface area (TPSA) is 47.1 Å². The minimum Gasteiger partial charge on any atom is -0.328 e. The van der Waals surface area contributed by atoms with Gasteiger partial charge in [-0.3, -0.25) is 4.90 Å². The molecule has 1 aromatic carbocycles. The molecular weight excluding hydrogens is 260 g/mol. The van der Waals surface area contributed by atoms with Gasteiger partial charge in [-0.1, -0.05) is 12.1 Å². The van der Waals surface area contributed by atoms with Crippen LogP contribution in [-0.2, 0) is 6.54 Å². The van der Waals surface area contributed by atoms with Crippen molar-refractivity contribution in [2.75, 3.05) is 13.1 Å². The molecule has 0 amide bonds. The highest BCUT2D eigenvalue weighted by Crippen LogP contribution is 2.21. The summed E-state index contributed by atoms with van der Waals surface area (Å²) in [6, 6.07) is 9.04. The van der Waals surface area contributed by atoms with Gasteiger partial charge >= 0.3 is 0 Å². The maximum atomic E-state index is 6.06. The van der Waals surface area contributed by atoms with Gasteiger partial charge in [0.1, 0.15) is 0 Å². The molecule has 1 aliphatic heterocycles. The summed E-state index contributed by atoms with van der Waals surface area (Å²) in [7, 11) is 0. The Morgan fingerprint density at radius 2 is 2.14 bits per heavy atom. The Morgan fingerprint density at radius 3 is 2.81 bits per heavy atom. The molecule has 0 spiro atoms. The summed E-state index contributed by atoms with van der Waals surface area (Å²) < 4.78 is 2.02. The average molecular weight is 284 g/mol. The SMILES string of the molecule is CC(N)C1CCCN(Cc2ccc(-n3ccnc3)cc2)C1. The molecule has 112 valence electrons. The number of imidazole rings is 1. The van der Waals surface area contributed by atoms with E-state index in [9.17, 15) is 0 Å². The van der Waals surface area contributed by atoms with Crippen LogP contribution in [0.15, 0.2) is 43.0 Å². The molecule has 0 aliphatic carbocycles. The highest BCUT2D eigenvalue weighted by atomic mass is 15.1. The molecule has 1 aliphatic rings. The Bertz CT molecular complexity index is 545. The van der Waals surface area contributed by atoms with E-state index >= 15 is 0 Å². The lowest BCUT2D eigenvalue weighted by molar-refractivity contribution is 0.154. The summed E-state index contributed by atoms with van der Waals surface area (Å²) in [4.78, 5) is 6.61. The van der Waals surface area contributed by atoms with Gasteiger partial charge in [-0.05, 0) is 49.9 Å². The van der Waals surface area contributed by atoms with Gasteiger partial charge in [-0.15, -0.1) is 0 Å². The number of nitrogens with two attached hydrogens (primary N) is 1. The quantitative estimate of drug-likeness (QED) is 0.938. The molecule has 1 fully saturated rings. The first-order chi connectivity index (χ1) is 10.2. The standard InChI is InChI=1S/C17H24N4/c1-14(18)16-3-2-9-20(12-16)11-15-4-6-17(7-5-15)21-10-8-19-13-21/h4-8,10,13-14,16H,2-3,9,11-12,18H2,1H3. The number of hydrogen-bond donors (Lipinski definition) is 1. The van der Waals surface area contributed by atoms with Crippen LogP contribution in [0.2, 0.25) is 0 Å². The molecule has 0 saturated carbocycles. The van der Waals surface area contributed by atoms with Crippen molar-refractivity contribution in [3.63, 3.8) is 0 Å². The second kappa shape index (κ2) is 6.41. The average Bonchev–Trinajstić information content (AvgIpc) is 3.02. The monoisotopic (exact) mass is 284 g/mol. The third-order valence-electron chi connectivity index (χ3n) is 4.43. The van der Waals surface area contributed by atoms with Crippen LogP contribution in [0, 0.1) is 5.92 Å². The molecule has 2 atom stereocenters. The second-order valence-corrected chi connectivity index (χ2v) is 6.13. The third-order valence-corrected chi connectivity index (χ3v) is 4.43. The Morgan fingerprint density at radius 1 is 1.33 bits per heavy atom. The van der Waals surface area contributed by atoms with Crippen LogP contribution in [0.25, 0.3) is 5.69 Å². The summed E-state index contributed by atoms with van der Waals surface area (Å²) in [6.07, 6.45) is 8.13. The normalized spacial score (nSPS) is 21.3. The van der Waals surface area contributed by atoms with Crippen molar-refractivity contribution in [2.45, 2.75) is 32.4 Å².